The van der Waals surface area contributed by atoms with Gasteiger partial charge in [-0.1, -0.05) is 17.4 Å². The number of benzene rings is 1. The van der Waals surface area contributed by atoms with Crippen LogP contribution in [0, 0.1) is 5.82 Å². The molecule has 0 saturated carbocycles. The number of halogens is 1. The van der Waals surface area contributed by atoms with Crippen LogP contribution in [-0.2, 0) is 0 Å². The maximum absolute atomic E-state index is 13.0. The Morgan fingerprint density at radius 2 is 2.08 bits per heavy atom. The second-order valence-electron chi connectivity index (χ2n) is 5.49. The second kappa shape index (κ2) is 6.91. The minimum absolute atomic E-state index is 0.0254. The van der Waals surface area contributed by atoms with E-state index in [1.165, 1.54) is 23.5 Å². The number of aromatic nitrogens is 3. The van der Waals surface area contributed by atoms with Crippen molar-refractivity contribution in [1.82, 2.24) is 14.6 Å². The third kappa shape index (κ3) is 3.41. The number of aliphatic hydroxyl groups is 1. The first-order chi connectivity index (χ1) is 12.2. The van der Waals surface area contributed by atoms with Crippen molar-refractivity contribution in [3.8, 4) is 11.3 Å². The quantitative estimate of drug-likeness (QED) is 0.531. The summed E-state index contributed by atoms with van der Waals surface area (Å²) in [7, 11) is 0. The monoisotopic (exact) mass is 374 g/mol. The smallest absolute Gasteiger partial charge is 0.214 e. The number of anilines is 1. The maximum atomic E-state index is 13.0. The van der Waals surface area contributed by atoms with Crippen LogP contribution in [-0.4, -0.2) is 26.3 Å². The van der Waals surface area contributed by atoms with Gasteiger partial charge in [-0.05, 0) is 42.1 Å². The van der Waals surface area contributed by atoms with Crippen molar-refractivity contribution in [1.29, 1.82) is 0 Å². The van der Waals surface area contributed by atoms with Gasteiger partial charge >= 0.3 is 0 Å². The number of fused-ring (bicyclic) bond motifs is 1. The molecule has 3 heterocycles. The zero-order valence-electron chi connectivity index (χ0n) is 13.1. The number of rotatable bonds is 6. The topological polar surface area (TPSA) is 62.5 Å². The summed E-state index contributed by atoms with van der Waals surface area (Å²) in [5, 5.41) is 20.0. The Hall–Kier alpha value is -2.29. The van der Waals surface area contributed by atoms with Gasteiger partial charge in [0.15, 0.2) is 0 Å². The molecule has 1 atom stereocenters. The van der Waals surface area contributed by atoms with Crippen LogP contribution in [0.1, 0.15) is 17.3 Å². The molecule has 0 amide bonds. The van der Waals surface area contributed by atoms with Crippen LogP contribution in [0.3, 0.4) is 0 Å². The summed E-state index contributed by atoms with van der Waals surface area (Å²) in [5.41, 5.74) is 1.61. The van der Waals surface area contributed by atoms with Crippen LogP contribution in [0.15, 0.2) is 48.0 Å². The lowest BCUT2D eigenvalue weighted by Crippen LogP contribution is -2.11. The number of thiophene rings is 1. The van der Waals surface area contributed by atoms with E-state index in [-0.39, 0.29) is 18.5 Å². The zero-order valence-corrected chi connectivity index (χ0v) is 14.7. The van der Waals surface area contributed by atoms with E-state index in [0.29, 0.717) is 6.42 Å². The third-order valence-electron chi connectivity index (χ3n) is 3.79. The van der Waals surface area contributed by atoms with E-state index >= 15 is 0 Å². The van der Waals surface area contributed by atoms with Crippen LogP contribution in [0.4, 0.5) is 9.52 Å². The Labute approximate surface area is 151 Å². The zero-order chi connectivity index (χ0) is 17.2. The maximum Gasteiger partial charge on any atom is 0.214 e. The Kier molecular flexibility index (Phi) is 4.48. The average molecular weight is 374 g/mol. The van der Waals surface area contributed by atoms with Gasteiger partial charge in [0, 0.05) is 17.0 Å². The molecule has 1 aromatic carbocycles. The molecule has 8 heteroatoms. The predicted octanol–water partition coefficient (Wildman–Crippen LogP) is 4.19. The van der Waals surface area contributed by atoms with Crippen LogP contribution in [0.2, 0.25) is 0 Å². The Bertz CT molecular complexity index is 931. The average Bonchev–Trinajstić information content (AvgIpc) is 3.31. The highest BCUT2D eigenvalue weighted by molar-refractivity contribution is 7.20. The van der Waals surface area contributed by atoms with Gasteiger partial charge in [-0.2, -0.15) is 0 Å². The molecule has 0 spiro atoms. The van der Waals surface area contributed by atoms with Gasteiger partial charge in [0.25, 0.3) is 0 Å². The molecule has 0 saturated heterocycles. The van der Waals surface area contributed by atoms with Crippen LogP contribution < -0.4 is 5.32 Å². The molecule has 128 valence electrons. The molecule has 0 radical (unpaired) electrons. The van der Waals surface area contributed by atoms with Crippen molar-refractivity contribution in [3.63, 3.8) is 0 Å². The van der Waals surface area contributed by atoms with Crippen molar-refractivity contribution >= 4 is 32.8 Å². The summed E-state index contributed by atoms with van der Waals surface area (Å²) in [4.78, 5) is 6.48. The molecule has 0 aliphatic heterocycles. The number of hydrogen-bond donors (Lipinski definition) is 2. The molecular weight excluding hydrogens is 359 g/mol. The van der Waals surface area contributed by atoms with Crippen LogP contribution in [0.5, 0.6) is 0 Å². The van der Waals surface area contributed by atoms with Crippen LogP contribution in [0.25, 0.3) is 16.2 Å². The predicted molar refractivity (Wildman–Crippen MR) is 98.6 cm³/mol. The SMILES string of the molecule is OCCC(Nc1nn2cc(-c3ccc(F)cc3)nc2s1)c1cccs1. The van der Waals surface area contributed by atoms with E-state index in [4.69, 9.17) is 0 Å². The number of nitrogens with one attached hydrogen (secondary N) is 1. The number of imidazole rings is 1. The Morgan fingerprint density at radius 3 is 2.76 bits per heavy atom. The molecule has 5 nitrogen and oxygen atoms in total. The number of hydrogen-bond acceptors (Lipinski definition) is 6. The molecular formula is C17H15FN4OS2. The Morgan fingerprint density at radius 1 is 1.24 bits per heavy atom. The van der Waals surface area contributed by atoms with Gasteiger partial charge in [0.05, 0.1) is 17.9 Å². The fourth-order valence-electron chi connectivity index (χ4n) is 2.57. The molecule has 4 rings (SSSR count). The molecule has 2 N–H and O–H groups in total. The van der Waals surface area contributed by atoms with E-state index in [1.54, 1.807) is 28.0 Å². The largest absolute Gasteiger partial charge is 0.396 e. The molecule has 25 heavy (non-hydrogen) atoms. The van der Waals surface area contributed by atoms with E-state index in [9.17, 15) is 9.50 Å². The molecule has 0 fully saturated rings. The van der Waals surface area contributed by atoms with Crippen molar-refractivity contribution in [2.75, 3.05) is 11.9 Å². The first kappa shape index (κ1) is 16.2. The Balaban J connectivity index is 1.57. The second-order valence-corrected chi connectivity index (χ2v) is 7.43. The summed E-state index contributed by atoms with van der Waals surface area (Å²) in [6.45, 7) is 0.104. The van der Waals surface area contributed by atoms with E-state index in [1.807, 2.05) is 23.7 Å². The highest BCUT2D eigenvalue weighted by Crippen LogP contribution is 2.30. The van der Waals surface area contributed by atoms with Gasteiger partial charge in [0.1, 0.15) is 5.82 Å². The first-order valence-electron chi connectivity index (χ1n) is 7.76. The highest BCUT2D eigenvalue weighted by Gasteiger charge is 2.16. The van der Waals surface area contributed by atoms with Gasteiger partial charge in [-0.3, -0.25) is 0 Å². The fraction of sp³-hybridized carbons (Fsp3) is 0.176. The third-order valence-corrected chi connectivity index (χ3v) is 5.63. The summed E-state index contributed by atoms with van der Waals surface area (Å²) >= 11 is 3.10. The standard InChI is InChI=1S/C17H15FN4OS2/c18-12-5-3-11(4-6-12)14-10-22-17(20-14)25-16(21-22)19-13(7-8-23)15-2-1-9-24-15/h1-6,9-10,13,23H,7-8H2,(H,19,21). The summed E-state index contributed by atoms with van der Waals surface area (Å²) in [6.07, 6.45) is 2.44. The summed E-state index contributed by atoms with van der Waals surface area (Å²) < 4.78 is 14.8. The molecule has 0 bridgehead atoms. The van der Waals surface area contributed by atoms with Crippen molar-refractivity contribution in [2.45, 2.75) is 12.5 Å². The number of aliphatic hydroxyl groups excluding tert-OH is 1. The van der Waals surface area contributed by atoms with E-state index in [2.05, 4.69) is 15.4 Å². The normalized spacial score (nSPS) is 12.6. The van der Waals surface area contributed by atoms with Gasteiger partial charge in [-0.15, -0.1) is 16.4 Å². The van der Waals surface area contributed by atoms with E-state index in [0.717, 1.165) is 26.2 Å². The van der Waals surface area contributed by atoms with Crippen LogP contribution >= 0.6 is 22.7 Å². The fourth-order valence-corrected chi connectivity index (χ4v) is 4.22. The first-order valence-corrected chi connectivity index (χ1v) is 9.45. The van der Waals surface area contributed by atoms with Crippen molar-refractivity contribution < 1.29 is 9.50 Å². The van der Waals surface area contributed by atoms with Gasteiger partial charge in [-0.25, -0.2) is 13.9 Å². The minimum Gasteiger partial charge on any atom is -0.396 e. The lowest BCUT2D eigenvalue weighted by atomic mass is 10.2. The lowest BCUT2D eigenvalue weighted by Gasteiger charge is -2.14. The summed E-state index contributed by atoms with van der Waals surface area (Å²) in [6, 6.07) is 10.3. The minimum atomic E-state index is -0.266. The van der Waals surface area contributed by atoms with E-state index < -0.39 is 0 Å². The van der Waals surface area contributed by atoms with Crippen molar-refractivity contribution in [2.24, 2.45) is 0 Å². The number of nitrogens with zero attached hydrogens (tertiary/aromatic N) is 3. The van der Waals surface area contributed by atoms with Gasteiger partial charge < -0.3 is 10.4 Å². The highest BCUT2D eigenvalue weighted by atomic mass is 32.1. The molecule has 3 aromatic heterocycles. The molecule has 4 aromatic rings. The lowest BCUT2D eigenvalue weighted by molar-refractivity contribution is 0.280. The summed E-state index contributed by atoms with van der Waals surface area (Å²) in [5.74, 6) is -0.266. The molecule has 0 aliphatic carbocycles. The molecule has 1 unspecified atom stereocenters. The van der Waals surface area contributed by atoms with Gasteiger partial charge in [0.2, 0.25) is 10.1 Å². The molecule has 0 aliphatic rings. The van der Waals surface area contributed by atoms with Crippen molar-refractivity contribution in [3.05, 3.63) is 58.7 Å².